The molecule has 0 bridgehead atoms. The first kappa shape index (κ1) is 19.3. The van der Waals surface area contributed by atoms with Crippen LogP contribution in [0.1, 0.15) is 17.8 Å². The number of amides is 2. The molecule has 1 aliphatic rings. The zero-order valence-electron chi connectivity index (χ0n) is 13.1. The van der Waals surface area contributed by atoms with Crippen molar-refractivity contribution >= 4 is 23.6 Å². The summed E-state index contributed by atoms with van der Waals surface area (Å²) < 4.78 is 37.3. The van der Waals surface area contributed by atoms with Crippen LogP contribution < -0.4 is 5.32 Å². The Labute approximate surface area is 144 Å². The molecule has 0 aromatic carbocycles. The maximum Gasteiger partial charge on any atom is 0.451 e. The molecule has 2 N–H and O–H groups in total. The minimum Gasteiger partial charge on any atom is -0.480 e. The van der Waals surface area contributed by atoms with E-state index in [-0.39, 0.29) is 25.1 Å². The Kier molecular flexibility index (Phi) is 5.53. The van der Waals surface area contributed by atoms with E-state index in [1.807, 2.05) is 5.32 Å². The van der Waals surface area contributed by atoms with E-state index >= 15 is 0 Å². The Morgan fingerprint density at radius 1 is 1.27 bits per heavy atom. The van der Waals surface area contributed by atoms with Gasteiger partial charge in [-0.25, -0.2) is 9.97 Å². The predicted octanol–water partition coefficient (Wildman–Crippen LogP) is -0.386. The van der Waals surface area contributed by atoms with E-state index in [2.05, 4.69) is 9.97 Å². The van der Waals surface area contributed by atoms with Crippen molar-refractivity contribution in [2.45, 2.75) is 19.1 Å². The minimum absolute atomic E-state index is 0.0264. The summed E-state index contributed by atoms with van der Waals surface area (Å²) in [5.74, 6) is -6.89. The number of carbonyl (C=O) groups is 4. The highest BCUT2D eigenvalue weighted by molar-refractivity contribution is 6.19. The van der Waals surface area contributed by atoms with E-state index in [1.54, 1.807) is 0 Å². The fraction of sp³-hybridized carbons (Fsp3) is 0.429. The second-order valence-electron chi connectivity index (χ2n) is 5.43. The molecule has 1 atom stereocenters. The second-order valence-corrected chi connectivity index (χ2v) is 5.43. The number of rotatable bonds is 5. The van der Waals surface area contributed by atoms with Gasteiger partial charge in [-0.05, 0) is 0 Å². The van der Waals surface area contributed by atoms with Crippen LogP contribution in [0.25, 0.3) is 0 Å². The van der Waals surface area contributed by atoms with Crippen LogP contribution in [0.15, 0.2) is 12.4 Å². The molecule has 0 radical (unpaired) electrons. The number of carboxylic acid groups (broad SMARTS) is 1. The van der Waals surface area contributed by atoms with Gasteiger partial charge in [-0.15, -0.1) is 0 Å². The van der Waals surface area contributed by atoms with Gasteiger partial charge in [0, 0.05) is 37.5 Å². The molecule has 9 nitrogen and oxygen atoms in total. The van der Waals surface area contributed by atoms with E-state index in [1.165, 1.54) is 0 Å². The van der Waals surface area contributed by atoms with E-state index in [0.29, 0.717) is 0 Å². The Balaban J connectivity index is 2.08. The molecule has 1 unspecified atom stereocenters. The topological polar surface area (TPSA) is 130 Å². The lowest BCUT2D eigenvalue weighted by Gasteiger charge is -2.30. The lowest BCUT2D eigenvalue weighted by atomic mass is 9.94. The highest BCUT2D eigenvalue weighted by Crippen LogP contribution is 2.25. The van der Waals surface area contributed by atoms with Gasteiger partial charge in [0.25, 0.3) is 0 Å². The zero-order chi connectivity index (χ0) is 19.5. The molecule has 0 aliphatic carbocycles. The first-order valence-corrected chi connectivity index (χ1v) is 7.28. The number of hydrogen-bond acceptors (Lipinski definition) is 6. The number of nitrogens with zero attached hydrogens (tertiary/aromatic N) is 3. The standard InChI is InChI=1S/C14H13F3N4O5/c15-14(16,17)13-19-3-7(4-20-13)6-21-2-1-8(22)10(12(21)26)11(25)18-5-9(23)24/h3-4,10H,1-2,5-6H2,(H,18,25)(H,23,24). The Hall–Kier alpha value is -3.05. The number of ketones is 1. The third-order valence-electron chi connectivity index (χ3n) is 3.52. The van der Waals surface area contributed by atoms with Gasteiger partial charge in [-0.3, -0.25) is 19.2 Å². The number of piperidine rings is 1. The largest absolute Gasteiger partial charge is 0.480 e. The maximum absolute atomic E-state index is 12.4. The normalized spacial score (nSPS) is 18.0. The second kappa shape index (κ2) is 7.45. The summed E-state index contributed by atoms with van der Waals surface area (Å²) in [5.41, 5.74) is 0.186. The summed E-state index contributed by atoms with van der Waals surface area (Å²) in [6.07, 6.45) is -3.03. The summed E-state index contributed by atoms with van der Waals surface area (Å²) in [6, 6.07) is 0. The van der Waals surface area contributed by atoms with E-state index in [0.717, 1.165) is 17.3 Å². The van der Waals surface area contributed by atoms with Crippen molar-refractivity contribution in [1.29, 1.82) is 0 Å². The fourth-order valence-corrected chi connectivity index (χ4v) is 2.30. The van der Waals surface area contributed by atoms with Crippen LogP contribution in [0.3, 0.4) is 0 Å². The molecule has 12 heteroatoms. The van der Waals surface area contributed by atoms with E-state index in [9.17, 15) is 32.3 Å². The summed E-state index contributed by atoms with van der Waals surface area (Å²) in [7, 11) is 0. The number of alkyl halides is 3. The minimum atomic E-state index is -4.70. The summed E-state index contributed by atoms with van der Waals surface area (Å²) >= 11 is 0. The molecule has 1 aromatic rings. The molecule has 140 valence electrons. The van der Waals surface area contributed by atoms with Gasteiger partial charge in [0.05, 0.1) is 0 Å². The number of aliphatic carboxylic acids is 1. The SMILES string of the molecule is O=C(O)CNC(=O)C1C(=O)CCN(Cc2cnc(C(F)(F)F)nc2)C1=O. The van der Waals surface area contributed by atoms with Crippen molar-refractivity contribution < 1.29 is 37.5 Å². The molecule has 0 saturated carbocycles. The molecule has 2 amide bonds. The van der Waals surface area contributed by atoms with Crippen molar-refractivity contribution in [2.24, 2.45) is 5.92 Å². The zero-order valence-corrected chi connectivity index (χ0v) is 13.1. The lowest BCUT2D eigenvalue weighted by Crippen LogP contribution is -2.52. The first-order valence-electron chi connectivity index (χ1n) is 7.28. The number of carboxylic acids is 1. The molecule has 2 heterocycles. The third kappa shape index (κ3) is 4.52. The van der Waals surface area contributed by atoms with E-state index in [4.69, 9.17) is 5.11 Å². The van der Waals surface area contributed by atoms with Gasteiger partial charge in [0.2, 0.25) is 17.6 Å². The molecular formula is C14H13F3N4O5. The average molecular weight is 374 g/mol. The van der Waals surface area contributed by atoms with Crippen LogP contribution in [0, 0.1) is 5.92 Å². The Morgan fingerprint density at radius 3 is 2.42 bits per heavy atom. The number of nitrogens with one attached hydrogen (secondary N) is 1. The number of hydrogen-bond donors (Lipinski definition) is 2. The van der Waals surface area contributed by atoms with Gasteiger partial charge in [0.15, 0.2) is 11.7 Å². The van der Waals surface area contributed by atoms with E-state index < -0.39 is 48.0 Å². The number of Topliss-reactive ketones (excluding diaryl/α,β-unsaturated/α-hetero) is 1. The summed E-state index contributed by atoms with van der Waals surface area (Å²) in [4.78, 5) is 54.0. The van der Waals surface area contributed by atoms with Gasteiger partial charge in [-0.2, -0.15) is 13.2 Å². The Morgan fingerprint density at radius 2 is 1.88 bits per heavy atom. The molecule has 1 aromatic heterocycles. The van der Waals surface area contributed by atoms with Gasteiger partial charge in [-0.1, -0.05) is 0 Å². The summed E-state index contributed by atoms with van der Waals surface area (Å²) in [6.45, 7) is -0.961. The van der Waals surface area contributed by atoms with Crippen LogP contribution in [0.4, 0.5) is 13.2 Å². The van der Waals surface area contributed by atoms with Gasteiger partial charge < -0.3 is 15.3 Å². The van der Waals surface area contributed by atoms with Crippen molar-refractivity contribution in [3.8, 4) is 0 Å². The molecule has 2 rings (SSSR count). The molecule has 1 saturated heterocycles. The van der Waals surface area contributed by atoms with Gasteiger partial charge >= 0.3 is 12.1 Å². The summed E-state index contributed by atoms with van der Waals surface area (Å²) in [5, 5.41) is 10.5. The molecule has 1 aliphatic heterocycles. The van der Waals surface area contributed by atoms with Crippen LogP contribution in [0.2, 0.25) is 0 Å². The number of likely N-dealkylation sites (tertiary alicyclic amines) is 1. The van der Waals surface area contributed by atoms with Crippen LogP contribution >= 0.6 is 0 Å². The number of carbonyl (C=O) groups excluding carboxylic acids is 3. The lowest BCUT2D eigenvalue weighted by molar-refractivity contribution is -0.152. The number of aromatic nitrogens is 2. The highest BCUT2D eigenvalue weighted by Gasteiger charge is 2.40. The van der Waals surface area contributed by atoms with Crippen molar-refractivity contribution in [1.82, 2.24) is 20.2 Å². The first-order chi connectivity index (χ1) is 12.1. The molecule has 1 fully saturated rings. The van der Waals surface area contributed by atoms with Gasteiger partial charge in [0.1, 0.15) is 6.54 Å². The van der Waals surface area contributed by atoms with Crippen molar-refractivity contribution in [3.05, 3.63) is 23.8 Å². The van der Waals surface area contributed by atoms with Crippen molar-refractivity contribution in [3.63, 3.8) is 0 Å². The van der Waals surface area contributed by atoms with Crippen LogP contribution in [0.5, 0.6) is 0 Å². The monoisotopic (exact) mass is 374 g/mol. The van der Waals surface area contributed by atoms with Crippen LogP contribution in [-0.2, 0) is 31.9 Å². The third-order valence-corrected chi connectivity index (χ3v) is 3.52. The average Bonchev–Trinajstić information content (AvgIpc) is 2.55. The molecular weight excluding hydrogens is 361 g/mol. The highest BCUT2D eigenvalue weighted by atomic mass is 19.4. The maximum atomic E-state index is 12.4. The molecule has 26 heavy (non-hydrogen) atoms. The number of halogens is 3. The smallest absolute Gasteiger partial charge is 0.451 e. The molecule has 0 spiro atoms. The Bertz CT molecular complexity index is 735. The quantitative estimate of drug-likeness (QED) is 0.672. The van der Waals surface area contributed by atoms with Crippen LogP contribution in [-0.4, -0.2) is 56.6 Å². The predicted molar refractivity (Wildman–Crippen MR) is 76.2 cm³/mol. The fourth-order valence-electron chi connectivity index (χ4n) is 2.30. The van der Waals surface area contributed by atoms with Crippen molar-refractivity contribution in [2.75, 3.05) is 13.1 Å².